The predicted octanol–water partition coefficient (Wildman–Crippen LogP) is 3.46. The third kappa shape index (κ3) is 3.17. The minimum Gasteiger partial charge on any atom is -0.488 e. The summed E-state index contributed by atoms with van der Waals surface area (Å²) >= 11 is 0. The van der Waals surface area contributed by atoms with Crippen LogP contribution in [0.25, 0.3) is 11.3 Å². The minimum atomic E-state index is -1.51. The molecule has 166 valence electrons. The second kappa shape index (κ2) is 7.54. The number of carbonyl (C=O) groups excluding carboxylic acids is 1. The zero-order valence-corrected chi connectivity index (χ0v) is 17.5. The maximum absolute atomic E-state index is 13.8. The number of aromatic nitrogens is 3. The summed E-state index contributed by atoms with van der Waals surface area (Å²) in [6.45, 7) is 3.39. The van der Waals surface area contributed by atoms with Gasteiger partial charge in [0.15, 0.2) is 29.0 Å². The summed E-state index contributed by atoms with van der Waals surface area (Å²) < 4.78 is 48.2. The van der Waals surface area contributed by atoms with Crippen LogP contribution in [-0.2, 0) is 13.5 Å². The number of benzene rings is 1. The van der Waals surface area contributed by atoms with Gasteiger partial charge in [0, 0.05) is 30.9 Å². The van der Waals surface area contributed by atoms with E-state index in [1.165, 1.54) is 10.9 Å². The molecule has 0 spiro atoms. The molecular formula is C22H20F3N5O2. The van der Waals surface area contributed by atoms with Crippen molar-refractivity contribution in [1.29, 1.82) is 0 Å². The van der Waals surface area contributed by atoms with Gasteiger partial charge in [-0.25, -0.2) is 18.2 Å². The van der Waals surface area contributed by atoms with Crippen LogP contribution >= 0.6 is 0 Å². The van der Waals surface area contributed by atoms with Gasteiger partial charge >= 0.3 is 0 Å². The number of nitrogens with one attached hydrogen (secondary N) is 1. The van der Waals surface area contributed by atoms with E-state index in [4.69, 9.17) is 4.74 Å². The molecule has 2 aliphatic rings. The van der Waals surface area contributed by atoms with E-state index in [0.717, 1.165) is 17.7 Å². The van der Waals surface area contributed by atoms with Crippen LogP contribution < -0.4 is 10.1 Å². The number of pyridine rings is 1. The van der Waals surface area contributed by atoms with Crippen molar-refractivity contribution in [3.8, 4) is 17.0 Å². The molecule has 7 nitrogen and oxygen atoms in total. The molecule has 1 aromatic carbocycles. The summed E-state index contributed by atoms with van der Waals surface area (Å²) in [6, 6.07) is 3.22. The van der Waals surface area contributed by atoms with Crippen molar-refractivity contribution >= 4 is 11.7 Å². The highest BCUT2D eigenvalue weighted by molar-refractivity contribution is 5.95. The molecule has 2 aromatic heterocycles. The second-order valence-corrected chi connectivity index (χ2v) is 7.86. The van der Waals surface area contributed by atoms with Crippen molar-refractivity contribution in [2.24, 2.45) is 7.05 Å². The van der Waals surface area contributed by atoms with Gasteiger partial charge < -0.3 is 15.0 Å². The van der Waals surface area contributed by atoms with E-state index in [2.05, 4.69) is 15.4 Å². The Balaban J connectivity index is 1.48. The molecule has 1 N–H and O–H groups in total. The zero-order chi connectivity index (χ0) is 22.6. The van der Waals surface area contributed by atoms with Gasteiger partial charge in [0.05, 0.1) is 29.5 Å². The molecule has 0 radical (unpaired) electrons. The lowest BCUT2D eigenvalue weighted by molar-refractivity contribution is 0.0672. The van der Waals surface area contributed by atoms with Crippen LogP contribution in [0.2, 0.25) is 0 Å². The van der Waals surface area contributed by atoms with E-state index in [1.807, 2.05) is 6.92 Å². The van der Waals surface area contributed by atoms with Crippen molar-refractivity contribution < 1.29 is 22.7 Å². The van der Waals surface area contributed by atoms with Crippen molar-refractivity contribution in [3.05, 3.63) is 58.7 Å². The van der Waals surface area contributed by atoms with Crippen LogP contribution in [0.5, 0.6) is 5.75 Å². The highest BCUT2D eigenvalue weighted by Gasteiger charge is 2.34. The molecule has 5 rings (SSSR count). The van der Waals surface area contributed by atoms with Gasteiger partial charge in [-0.1, -0.05) is 0 Å². The number of anilines is 1. The molecule has 0 aliphatic carbocycles. The molecule has 32 heavy (non-hydrogen) atoms. The van der Waals surface area contributed by atoms with Crippen LogP contribution in [0.3, 0.4) is 0 Å². The predicted molar refractivity (Wildman–Crippen MR) is 110 cm³/mol. The number of rotatable bonds is 2. The minimum absolute atomic E-state index is 0.202. The standard InChI is InChI=1S/C22H20F3N5O2/c1-11-19-14(20(29(2)28-19)12-7-15(23)18(25)16(24)8-12)3-5-30(11)22(31)13-9-17-21(27-10-13)26-4-6-32-17/h7-11H,3-6H2,1-2H3,(H,26,27)/t11-/m0/s1. The Morgan fingerprint density at radius 3 is 2.72 bits per heavy atom. The van der Waals surface area contributed by atoms with Gasteiger partial charge in [-0.15, -0.1) is 0 Å². The van der Waals surface area contributed by atoms with E-state index in [-0.39, 0.29) is 17.5 Å². The van der Waals surface area contributed by atoms with Crippen LogP contribution in [0.1, 0.15) is 34.6 Å². The summed E-state index contributed by atoms with van der Waals surface area (Å²) in [7, 11) is 1.66. The van der Waals surface area contributed by atoms with Crippen LogP contribution in [-0.4, -0.2) is 45.3 Å². The molecule has 0 saturated carbocycles. The Morgan fingerprint density at radius 2 is 1.97 bits per heavy atom. The molecule has 4 heterocycles. The van der Waals surface area contributed by atoms with Crippen molar-refractivity contribution in [1.82, 2.24) is 19.7 Å². The molecular weight excluding hydrogens is 423 g/mol. The lowest BCUT2D eigenvalue weighted by Gasteiger charge is -2.33. The zero-order valence-electron chi connectivity index (χ0n) is 17.5. The second-order valence-electron chi connectivity index (χ2n) is 7.86. The maximum atomic E-state index is 13.8. The van der Waals surface area contributed by atoms with E-state index in [9.17, 15) is 18.0 Å². The molecule has 0 unspecified atom stereocenters. The lowest BCUT2D eigenvalue weighted by Crippen LogP contribution is -2.39. The van der Waals surface area contributed by atoms with Crippen LogP contribution in [0.15, 0.2) is 24.4 Å². The molecule has 2 aliphatic heterocycles. The van der Waals surface area contributed by atoms with E-state index < -0.39 is 17.5 Å². The van der Waals surface area contributed by atoms with E-state index in [0.29, 0.717) is 54.6 Å². The number of carbonyl (C=O) groups is 1. The SMILES string of the molecule is C[C@H]1c2nn(C)c(-c3cc(F)c(F)c(F)c3)c2CCN1C(=O)c1cnc2c(c1)OCCN2. The van der Waals surface area contributed by atoms with Gasteiger partial charge in [0.25, 0.3) is 5.91 Å². The molecule has 0 fully saturated rings. The van der Waals surface area contributed by atoms with Gasteiger partial charge in [0.2, 0.25) is 0 Å². The van der Waals surface area contributed by atoms with Crippen molar-refractivity contribution in [2.45, 2.75) is 19.4 Å². The normalized spacial score (nSPS) is 17.3. The van der Waals surface area contributed by atoms with Crippen molar-refractivity contribution in [3.63, 3.8) is 0 Å². The highest BCUT2D eigenvalue weighted by Crippen LogP contribution is 2.37. The molecule has 10 heteroatoms. The number of hydrogen-bond acceptors (Lipinski definition) is 5. The molecule has 1 atom stereocenters. The Bertz CT molecular complexity index is 1220. The Hall–Kier alpha value is -3.56. The average Bonchev–Trinajstić information content (AvgIpc) is 3.13. The summed E-state index contributed by atoms with van der Waals surface area (Å²) in [5.41, 5.74) is 2.53. The van der Waals surface area contributed by atoms with Crippen molar-refractivity contribution in [2.75, 3.05) is 25.0 Å². The lowest BCUT2D eigenvalue weighted by atomic mass is 9.95. The summed E-state index contributed by atoms with van der Waals surface area (Å²) in [5, 5.41) is 7.64. The fourth-order valence-electron chi connectivity index (χ4n) is 4.38. The van der Waals surface area contributed by atoms with Gasteiger partial charge in [-0.3, -0.25) is 9.48 Å². The van der Waals surface area contributed by atoms with Crippen LogP contribution in [0.4, 0.5) is 19.0 Å². The first-order chi connectivity index (χ1) is 15.3. The van der Waals surface area contributed by atoms with Gasteiger partial charge in [0.1, 0.15) is 6.61 Å². The number of amides is 1. The van der Waals surface area contributed by atoms with Gasteiger partial charge in [-0.2, -0.15) is 5.10 Å². The number of fused-ring (bicyclic) bond motifs is 2. The molecule has 0 saturated heterocycles. The Labute approximate surface area is 181 Å². The number of hydrogen-bond donors (Lipinski definition) is 1. The first kappa shape index (κ1) is 20.3. The molecule has 3 aromatic rings. The van der Waals surface area contributed by atoms with E-state index >= 15 is 0 Å². The van der Waals surface area contributed by atoms with Gasteiger partial charge in [-0.05, 0) is 31.5 Å². The molecule has 1 amide bonds. The summed E-state index contributed by atoms with van der Waals surface area (Å²) in [4.78, 5) is 19.2. The summed E-state index contributed by atoms with van der Waals surface area (Å²) in [5.74, 6) is -3.09. The number of halogens is 3. The first-order valence-corrected chi connectivity index (χ1v) is 10.2. The largest absolute Gasteiger partial charge is 0.488 e. The highest BCUT2D eigenvalue weighted by atomic mass is 19.2. The monoisotopic (exact) mass is 443 g/mol. The number of ether oxygens (including phenoxy) is 1. The quantitative estimate of drug-likeness (QED) is 0.615. The number of aryl methyl sites for hydroxylation is 1. The first-order valence-electron chi connectivity index (χ1n) is 10.2. The smallest absolute Gasteiger partial charge is 0.256 e. The number of nitrogens with zero attached hydrogens (tertiary/aromatic N) is 4. The maximum Gasteiger partial charge on any atom is 0.256 e. The topological polar surface area (TPSA) is 72.3 Å². The Kier molecular flexibility index (Phi) is 4.79. The van der Waals surface area contributed by atoms with Crippen LogP contribution in [0, 0.1) is 17.5 Å². The summed E-state index contributed by atoms with van der Waals surface area (Å²) in [6.07, 6.45) is 1.95. The average molecular weight is 443 g/mol. The fraction of sp³-hybridized carbons (Fsp3) is 0.318. The fourth-order valence-corrected chi connectivity index (χ4v) is 4.38. The van der Waals surface area contributed by atoms with E-state index in [1.54, 1.807) is 18.0 Å². The third-order valence-electron chi connectivity index (χ3n) is 5.91. The third-order valence-corrected chi connectivity index (χ3v) is 5.91. The Morgan fingerprint density at radius 1 is 1.22 bits per heavy atom. The molecule has 0 bridgehead atoms.